The Labute approximate surface area is 136 Å². The molecule has 1 aromatic heterocycles. The monoisotopic (exact) mass is 409 g/mol. The van der Waals surface area contributed by atoms with Crippen LogP contribution in [0.4, 0.5) is 0 Å². The van der Waals surface area contributed by atoms with Crippen molar-refractivity contribution in [3.05, 3.63) is 19.2 Å². The molecule has 2 nitrogen and oxygen atoms in total. The van der Waals surface area contributed by atoms with Crippen LogP contribution in [0.5, 0.6) is 0 Å². The average Bonchev–Trinajstić information content (AvgIpc) is 2.70. The van der Waals surface area contributed by atoms with Gasteiger partial charge in [-0.05, 0) is 50.8 Å². The number of hydrogen-bond donors (Lipinski definition) is 2. The van der Waals surface area contributed by atoms with E-state index in [1.165, 1.54) is 32.1 Å². The van der Waals surface area contributed by atoms with E-state index in [4.69, 9.17) is 5.73 Å². The Kier molecular flexibility index (Phi) is 5.90. The van der Waals surface area contributed by atoms with Gasteiger partial charge in [0.15, 0.2) is 0 Å². The zero-order chi connectivity index (χ0) is 13.9. The summed E-state index contributed by atoms with van der Waals surface area (Å²) in [7, 11) is 0. The zero-order valence-corrected chi connectivity index (χ0v) is 15.0. The Hall–Kier alpha value is 0.580. The van der Waals surface area contributed by atoms with Crippen molar-refractivity contribution < 1.29 is 5.11 Å². The summed E-state index contributed by atoms with van der Waals surface area (Å²) in [4.78, 5) is 1.02. The van der Waals surface area contributed by atoms with E-state index in [-0.39, 0.29) is 5.41 Å². The standard InChI is InChI=1S/C14H21Br2NOS/c15-10-8-11(19-13(10)16)12(18)14(9-17)6-4-2-1-3-5-7-14/h8,12,18H,1-7,9,17H2. The average molecular weight is 411 g/mol. The van der Waals surface area contributed by atoms with Crippen molar-refractivity contribution in [1.82, 2.24) is 0 Å². The zero-order valence-electron chi connectivity index (χ0n) is 11.0. The van der Waals surface area contributed by atoms with Gasteiger partial charge in [0.1, 0.15) is 0 Å². The third kappa shape index (κ3) is 3.62. The lowest BCUT2D eigenvalue weighted by Gasteiger charge is -2.38. The van der Waals surface area contributed by atoms with E-state index in [1.807, 2.05) is 6.07 Å². The molecule has 1 unspecified atom stereocenters. The molecule has 0 bridgehead atoms. The van der Waals surface area contributed by atoms with Crippen LogP contribution in [0.2, 0.25) is 0 Å². The molecular formula is C14H21Br2NOS. The number of nitrogens with two attached hydrogens (primary N) is 1. The third-order valence-corrected chi connectivity index (χ3v) is 7.58. The number of aliphatic hydroxyl groups is 1. The summed E-state index contributed by atoms with van der Waals surface area (Å²) < 4.78 is 2.06. The first kappa shape index (κ1) is 16.0. The maximum absolute atomic E-state index is 10.8. The van der Waals surface area contributed by atoms with Crippen molar-refractivity contribution in [2.45, 2.75) is 51.0 Å². The summed E-state index contributed by atoms with van der Waals surface area (Å²) in [6.45, 7) is 0.571. The highest BCUT2D eigenvalue weighted by molar-refractivity contribution is 9.13. The normalized spacial score (nSPS) is 21.7. The van der Waals surface area contributed by atoms with Crippen molar-refractivity contribution in [3.63, 3.8) is 0 Å². The summed E-state index contributed by atoms with van der Waals surface area (Å²) in [5.41, 5.74) is 5.93. The molecule has 108 valence electrons. The molecule has 0 amide bonds. The first-order valence-electron chi connectivity index (χ1n) is 6.92. The van der Waals surface area contributed by atoms with Gasteiger partial charge in [-0.15, -0.1) is 11.3 Å². The number of rotatable bonds is 3. The quantitative estimate of drug-likeness (QED) is 0.736. The molecule has 5 heteroatoms. The summed E-state index contributed by atoms with van der Waals surface area (Å²) in [6.07, 6.45) is 7.87. The van der Waals surface area contributed by atoms with Gasteiger partial charge in [0.2, 0.25) is 0 Å². The lowest BCUT2D eigenvalue weighted by atomic mass is 9.71. The molecule has 1 saturated carbocycles. The van der Waals surface area contributed by atoms with Crippen LogP contribution in [0.15, 0.2) is 14.3 Å². The molecule has 19 heavy (non-hydrogen) atoms. The van der Waals surface area contributed by atoms with Gasteiger partial charge in [-0.3, -0.25) is 0 Å². The van der Waals surface area contributed by atoms with Crippen molar-refractivity contribution in [3.8, 4) is 0 Å². The van der Waals surface area contributed by atoms with Crippen molar-refractivity contribution in [2.24, 2.45) is 11.1 Å². The maximum atomic E-state index is 10.8. The Bertz CT molecular complexity index is 394. The van der Waals surface area contributed by atoms with E-state index in [0.29, 0.717) is 6.54 Å². The van der Waals surface area contributed by atoms with Crippen LogP contribution >= 0.6 is 43.2 Å². The van der Waals surface area contributed by atoms with Gasteiger partial charge in [-0.2, -0.15) is 0 Å². The van der Waals surface area contributed by atoms with Gasteiger partial charge in [-0.1, -0.05) is 32.1 Å². The fourth-order valence-corrected chi connectivity index (χ4v) is 5.22. The second-order valence-corrected chi connectivity index (χ2v) is 8.76. The molecule has 1 aliphatic carbocycles. The minimum absolute atomic E-state index is 0.135. The van der Waals surface area contributed by atoms with Gasteiger partial charge in [0, 0.05) is 21.3 Å². The SMILES string of the molecule is NCC1(C(O)c2cc(Br)c(Br)s2)CCCCCCC1. The Morgan fingerprint density at radius 1 is 1.21 bits per heavy atom. The van der Waals surface area contributed by atoms with Gasteiger partial charge >= 0.3 is 0 Å². The third-order valence-electron chi connectivity index (χ3n) is 4.27. The molecule has 3 N–H and O–H groups in total. The summed E-state index contributed by atoms with van der Waals surface area (Å²) >= 11 is 8.61. The second kappa shape index (κ2) is 7.03. The number of aliphatic hydroxyl groups excluding tert-OH is 1. The molecular weight excluding hydrogens is 390 g/mol. The fraction of sp³-hybridized carbons (Fsp3) is 0.714. The van der Waals surface area contributed by atoms with Gasteiger partial charge in [0.05, 0.1) is 9.89 Å². The van der Waals surface area contributed by atoms with E-state index >= 15 is 0 Å². The predicted molar refractivity (Wildman–Crippen MR) is 88.5 cm³/mol. The number of halogens is 2. The molecule has 0 radical (unpaired) electrons. The van der Waals surface area contributed by atoms with Crippen LogP contribution in [-0.4, -0.2) is 11.7 Å². The highest BCUT2D eigenvalue weighted by atomic mass is 79.9. The molecule has 0 saturated heterocycles. The summed E-state index contributed by atoms with van der Waals surface area (Å²) in [6, 6.07) is 2.02. The van der Waals surface area contributed by atoms with Crippen molar-refractivity contribution in [1.29, 1.82) is 0 Å². The molecule has 1 heterocycles. The Balaban J connectivity index is 2.22. The molecule has 1 aliphatic rings. The van der Waals surface area contributed by atoms with E-state index in [0.717, 1.165) is 26.0 Å². The second-order valence-electron chi connectivity index (χ2n) is 5.51. The summed E-state index contributed by atoms with van der Waals surface area (Å²) in [5.74, 6) is 0. The van der Waals surface area contributed by atoms with E-state index in [1.54, 1.807) is 11.3 Å². The fourth-order valence-electron chi connectivity index (χ4n) is 3.00. The van der Waals surface area contributed by atoms with Gasteiger partial charge in [-0.25, -0.2) is 0 Å². The number of hydrogen-bond acceptors (Lipinski definition) is 3. The molecule has 1 atom stereocenters. The first-order chi connectivity index (χ1) is 9.09. The highest BCUT2D eigenvalue weighted by Gasteiger charge is 2.38. The van der Waals surface area contributed by atoms with E-state index in [2.05, 4.69) is 31.9 Å². The Morgan fingerprint density at radius 2 is 1.79 bits per heavy atom. The largest absolute Gasteiger partial charge is 0.387 e. The van der Waals surface area contributed by atoms with Crippen molar-refractivity contribution in [2.75, 3.05) is 6.54 Å². The van der Waals surface area contributed by atoms with Crippen LogP contribution in [0.25, 0.3) is 0 Å². The molecule has 0 spiro atoms. The maximum Gasteiger partial charge on any atom is 0.0950 e. The predicted octanol–water partition coefficient (Wildman–Crippen LogP) is 5.00. The van der Waals surface area contributed by atoms with Crippen LogP contribution in [0.1, 0.15) is 55.9 Å². The minimum Gasteiger partial charge on any atom is -0.387 e. The van der Waals surface area contributed by atoms with Crippen LogP contribution in [0.3, 0.4) is 0 Å². The van der Waals surface area contributed by atoms with Crippen LogP contribution < -0.4 is 5.73 Å². The topological polar surface area (TPSA) is 46.2 Å². The van der Waals surface area contributed by atoms with Crippen LogP contribution in [0, 0.1) is 5.41 Å². The molecule has 0 aromatic carbocycles. The molecule has 0 aliphatic heterocycles. The molecule has 1 fully saturated rings. The number of thiophene rings is 1. The van der Waals surface area contributed by atoms with Gasteiger partial charge in [0.25, 0.3) is 0 Å². The Morgan fingerprint density at radius 3 is 2.26 bits per heavy atom. The van der Waals surface area contributed by atoms with Crippen LogP contribution in [-0.2, 0) is 0 Å². The highest BCUT2D eigenvalue weighted by Crippen LogP contribution is 2.47. The lowest BCUT2D eigenvalue weighted by Crippen LogP contribution is -2.37. The summed E-state index contributed by atoms with van der Waals surface area (Å²) in [5, 5.41) is 10.8. The van der Waals surface area contributed by atoms with E-state index < -0.39 is 6.10 Å². The minimum atomic E-state index is -0.441. The molecule has 1 aromatic rings. The molecule has 2 rings (SSSR count). The van der Waals surface area contributed by atoms with Crippen molar-refractivity contribution >= 4 is 43.2 Å². The van der Waals surface area contributed by atoms with Gasteiger partial charge < -0.3 is 10.8 Å². The van der Waals surface area contributed by atoms with E-state index in [9.17, 15) is 5.11 Å². The first-order valence-corrected chi connectivity index (χ1v) is 9.32. The lowest BCUT2D eigenvalue weighted by molar-refractivity contribution is 0.0110. The smallest absolute Gasteiger partial charge is 0.0950 e.